The van der Waals surface area contributed by atoms with Crippen LogP contribution in [0.3, 0.4) is 0 Å². The molecule has 0 saturated carbocycles. The molecule has 1 aromatic carbocycles. The van der Waals surface area contributed by atoms with E-state index in [1.165, 1.54) is 18.6 Å². The molecule has 2 atom stereocenters. The monoisotopic (exact) mass is 422 g/mol. The Balaban J connectivity index is 1.38. The highest BCUT2D eigenvalue weighted by molar-refractivity contribution is 5.80. The highest BCUT2D eigenvalue weighted by Gasteiger charge is 2.24. The number of aliphatic hydroxyl groups is 1. The number of hydrogen-bond acceptors (Lipinski definition) is 5. The minimum absolute atomic E-state index is 0.109. The molecule has 8 heteroatoms. The number of benzene rings is 1. The lowest BCUT2D eigenvalue weighted by atomic mass is 10.0. The van der Waals surface area contributed by atoms with Gasteiger partial charge in [-0.2, -0.15) is 0 Å². The summed E-state index contributed by atoms with van der Waals surface area (Å²) in [5, 5.41) is 16.9. The first-order chi connectivity index (χ1) is 14.6. The summed E-state index contributed by atoms with van der Waals surface area (Å²) in [6, 6.07) is 6.14. The van der Waals surface area contributed by atoms with Crippen LogP contribution in [0.4, 0.5) is 4.39 Å². The van der Waals surface area contributed by atoms with Crippen LogP contribution in [0.2, 0.25) is 0 Å². The van der Waals surface area contributed by atoms with Crippen molar-refractivity contribution < 1.29 is 19.0 Å². The molecule has 0 spiro atoms. The number of guanidine groups is 1. The molecule has 30 heavy (non-hydrogen) atoms. The molecule has 0 bridgehead atoms. The van der Waals surface area contributed by atoms with Gasteiger partial charge in [0.25, 0.3) is 0 Å². The van der Waals surface area contributed by atoms with E-state index in [0.29, 0.717) is 17.7 Å². The highest BCUT2D eigenvalue weighted by Crippen LogP contribution is 2.17. The zero-order valence-corrected chi connectivity index (χ0v) is 17.9. The van der Waals surface area contributed by atoms with E-state index in [2.05, 4.69) is 20.5 Å². The van der Waals surface area contributed by atoms with Crippen molar-refractivity contribution in [2.24, 2.45) is 10.9 Å². The Morgan fingerprint density at radius 2 is 2.07 bits per heavy atom. The Hall–Kier alpha value is -1.90. The fourth-order valence-corrected chi connectivity index (χ4v) is 3.84. The summed E-state index contributed by atoms with van der Waals surface area (Å²) in [5.74, 6) is 1.63. The van der Waals surface area contributed by atoms with Crippen LogP contribution < -0.4 is 15.4 Å². The first kappa shape index (κ1) is 22.8. The highest BCUT2D eigenvalue weighted by atomic mass is 19.1. The third kappa shape index (κ3) is 7.74. The number of likely N-dealkylation sites (tertiary alicyclic amines) is 1. The van der Waals surface area contributed by atoms with Crippen molar-refractivity contribution in [1.29, 1.82) is 0 Å². The van der Waals surface area contributed by atoms with E-state index in [1.54, 1.807) is 12.1 Å². The first-order valence-electron chi connectivity index (χ1n) is 11.0. The van der Waals surface area contributed by atoms with Gasteiger partial charge >= 0.3 is 0 Å². The predicted octanol–water partition coefficient (Wildman–Crippen LogP) is 1.62. The number of aliphatic imine (C=N–C) groups is 1. The second kappa shape index (κ2) is 12.1. The Bertz CT molecular complexity index is 644. The van der Waals surface area contributed by atoms with Crippen LogP contribution in [-0.2, 0) is 4.74 Å². The number of rotatable bonds is 9. The third-order valence-electron chi connectivity index (χ3n) is 5.53. The smallest absolute Gasteiger partial charge is 0.191 e. The maximum atomic E-state index is 12.9. The van der Waals surface area contributed by atoms with Gasteiger partial charge in [-0.1, -0.05) is 0 Å². The average molecular weight is 423 g/mol. The summed E-state index contributed by atoms with van der Waals surface area (Å²) in [4.78, 5) is 7.05. The van der Waals surface area contributed by atoms with Gasteiger partial charge in [-0.05, 0) is 56.4 Å². The van der Waals surface area contributed by atoms with Gasteiger partial charge in [0.15, 0.2) is 5.96 Å². The van der Waals surface area contributed by atoms with Crippen LogP contribution in [-0.4, -0.2) is 80.7 Å². The van der Waals surface area contributed by atoms with Crippen molar-refractivity contribution in [2.75, 3.05) is 52.5 Å². The third-order valence-corrected chi connectivity index (χ3v) is 5.53. The van der Waals surface area contributed by atoms with Crippen LogP contribution in [0, 0.1) is 11.7 Å². The second-order valence-electron chi connectivity index (χ2n) is 8.09. The number of nitrogens with one attached hydrogen (secondary N) is 2. The molecule has 2 aliphatic rings. The van der Waals surface area contributed by atoms with Gasteiger partial charge in [0.2, 0.25) is 0 Å². The van der Waals surface area contributed by atoms with Crippen molar-refractivity contribution in [1.82, 2.24) is 15.5 Å². The molecule has 168 valence electrons. The minimum Gasteiger partial charge on any atom is -0.491 e. The fraction of sp³-hybridized carbons (Fsp3) is 0.682. The Morgan fingerprint density at radius 3 is 2.73 bits per heavy atom. The van der Waals surface area contributed by atoms with Gasteiger partial charge in [-0.15, -0.1) is 0 Å². The zero-order chi connectivity index (χ0) is 21.2. The van der Waals surface area contributed by atoms with Crippen LogP contribution in [0.25, 0.3) is 0 Å². The number of aliphatic hydroxyl groups excluding tert-OH is 1. The molecule has 1 aromatic rings. The maximum absolute atomic E-state index is 12.9. The lowest BCUT2D eigenvalue weighted by molar-refractivity contribution is 0.114. The van der Waals surface area contributed by atoms with E-state index in [-0.39, 0.29) is 19.0 Å². The Morgan fingerprint density at radius 1 is 1.30 bits per heavy atom. The molecular formula is C22H35FN4O3. The molecule has 2 aliphatic heterocycles. The lowest BCUT2D eigenvalue weighted by Gasteiger charge is -2.34. The van der Waals surface area contributed by atoms with Crippen LogP contribution in [0.15, 0.2) is 29.3 Å². The maximum Gasteiger partial charge on any atom is 0.191 e. The van der Waals surface area contributed by atoms with Gasteiger partial charge in [0.05, 0.1) is 13.2 Å². The standard InChI is InChI=1S/C22H35FN4O3/c1-2-24-22(25-13-20(28)16-30-21-5-3-18(23)4-6-21)26-19-7-10-27(11-8-19)14-17-9-12-29-15-17/h3-6,17,19-20,28H,2,7-16H2,1H3,(H2,24,25,26). The summed E-state index contributed by atoms with van der Waals surface area (Å²) in [7, 11) is 0. The predicted molar refractivity (Wildman–Crippen MR) is 115 cm³/mol. The zero-order valence-electron chi connectivity index (χ0n) is 17.9. The van der Waals surface area contributed by atoms with Crippen molar-refractivity contribution in [3.63, 3.8) is 0 Å². The average Bonchev–Trinajstić information content (AvgIpc) is 3.26. The van der Waals surface area contributed by atoms with E-state index >= 15 is 0 Å². The number of hydrogen-bond donors (Lipinski definition) is 3. The minimum atomic E-state index is -0.735. The van der Waals surface area contributed by atoms with Crippen molar-refractivity contribution in [3.05, 3.63) is 30.1 Å². The van der Waals surface area contributed by atoms with Gasteiger partial charge in [-0.25, -0.2) is 4.39 Å². The molecule has 2 unspecified atom stereocenters. The number of ether oxygens (including phenoxy) is 2. The normalized spacial score (nSPS) is 22.1. The van der Waals surface area contributed by atoms with E-state index in [1.807, 2.05) is 6.92 Å². The van der Waals surface area contributed by atoms with Gasteiger partial charge < -0.3 is 30.1 Å². The van der Waals surface area contributed by atoms with E-state index in [0.717, 1.165) is 58.2 Å². The van der Waals surface area contributed by atoms with Crippen LogP contribution in [0.1, 0.15) is 26.2 Å². The summed E-state index contributed by atoms with van der Waals surface area (Å²) in [6.45, 7) is 8.25. The Labute approximate surface area is 178 Å². The molecule has 7 nitrogen and oxygen atoms in total. The van der Waals surface area contributed by atoms with Crippen molar-refractivity contribution in [2.45, 2.75) is 38.3 Å². The molecular weight excluding hydrogens is 387 g/mol. The van der Waals surface area contributed by atoms with E-state index < -0.39 is 6.10 Å². The van der Waals surface area contributed by atoms with Gasteiger partial charge in [0, 0.05) is 38.8 Å². The van der Waals surface area contributed by atoms with Crippen LogP contribution in [0.5, 0.6) is 5.75 Å². The SMILES string of the molecule is CCNC(=NCC(O)COc1ccc(F)cc1)NC1CCN(CC2CCOC2)CC1. The topological polar surface area (TPSA) is 78.4 Å². The molecule has 0 aliphatic carbocycles. The molecule has 0 amide bonds. The van der Waals surface area contributed by atoms with E-state index in [4.69, 9.17) is 9.47 Å². The molecule has 0 radical (unpaired) electrons. The second-order valence-corrected chi connectivity index (χ2v) is 8.09. The summed E-state index contributed by atoms with van der Waals surface area (Å²) < 4.78 is 23.9. The fourth-order valence-electron chi connectivity index (χ4n) is 3.84. The molecule has 2 saturated heterocycles. The summed E-state index contributed by atoms with van der Waals surface area (Å²) >= 11 is 0. The quantitative estimate of drug-likeness (QED) is 0.415. The largest absolute Gasteiger partial charge is 0.491 e. The molecule has 2 heterocycles. The number of piperidine rings is 1. The number of nitrogens with zero attached hydrogens (tertiary/aromatic N) is 2. The van der Waals surface area contributed by atoms with Crippen molar-refractivity contribution in [3.8, 4) is 5.75 Å². The van der Waals surface area contributed by atoms with Gasteiger partial charge in [-0.3, -0.25) is 4.99 Å². The summed E-state index contributed by atoms with van der Waals surface area (Å²) in [5.41, 5.74) is 0. The van der Waals surface area contributed by atoms with E-state index in [9.17, 15) is 9.50 Å². The van der Waals surface area contributed by atoms with Crippen molar-refractivity contribution >= 4 is 5.96 Å². The van der Waals surface area contributed by atoms with Gasteiger partial charge in [0.1, 0.15) is 24.3 Å². The number of halogens is 1. The molecule has 3 rings (SSSR count). The summed E-state index contributed by atoms with van der Waals surface area (Å²) in [6.07, 6.45) is 2.60. The molecule has 3 N–H and O–H groups in total. The van der Waals surface area contributed by atoms with Crippen LogP contribution >= 0.6 is 0 Å². The first-order valence-corrected chi connectivity index (χ1v) is 11.0. The molecule has 2 fully saturated rings. The Kier molecular flexibility index (Phi) is 9.17. The lowest BCUT2D eigenvalue weighted by Crippen LogP contribution is -2.49. The molecule has 0 aromatic heterocycles.